The van der Waals surface area contributed by atoms with Crippen molar-refractivity contribution in [2.24, 2.45) is 5.92 Å². The maximum Gasteiger partial charge on any atom is 0.308 e. The fraction of sp³-hybridized carbons (Fsp3) is 0.562. The molecule has 0 radical (unpaired) electrons. The Balaban J connectivity index is 1.68. The second-order valence-electron chi connectivity index (χ2n) is 6.12. The van der Waals surface area contributed by atoms with Crippen molar-refractivity contribution in [3.05, 3.63) is 29.8 Å². The topological polar surface area (TPSA) is 40.5 Å². The van der Waals surface area contributed by atoms with Gasteiger partial charge in [-0.05, 0) is 43.1 Å². The highest BCUT2D eigenvalue weighted by Gasteiger charge is 2.52. The summed E-state index contributed by atoms with van der Waals surface area (Å²) >= 11 is 1.94. The Bertz CT molecular complexity index is 547. The monoisotopic (exact) mass is 289 g/mol. The minimum atomic E-state index is -0.597. The van der Waals surface area contributed by atoms with Crippen LogP contribution in [0.15, 0.2) is 29.2 Å². The third-order valence-corrected chi connectivity index (χ3v) is 6.32. The number of hydrogen-bond acceptors (Lipinski definition) is 3. The summed E-state index contributed by atoms with van der Waals surface area (Å²) in [4.78, 5) is 15.4. The van der Waals surface area contributed by atoms with Gasteiger partial charge in [0.1, 0.15) is 0 Å². The van der Waals surface area contributed by atoms with Crippen LogP contribution >= 0.6 is 11.8 Å². The molecule has 4 unspecified atom stereocenters. The van der Waals surface area contributed by atoms with Crippen molar-refractivity contribution in [3.8, 4) is 0 Å². The number of carboxylic acids is 1. The first-order valence-electron chi connectivity index (χ1n) is 7.47. The van der Waals surface area contributed by atoms with Crippen molar-refractivity contribution in [2.45, 2.75) is 48.7 Å². The summed E-state index contributed by atoms with van der Waals surface area (Å²) in [5, 5.41) is 9.42. The Morgan fingerprint density at radius 2 is 2.10 bits per heavy atom. The molecular weight excluding hydrogens is 270 g/mol. The number of benzene rings is 1. The average molecular weight is 289 g/mol. The number of carbonyl (C=O) groups is 1. The largest absolute Gasteiger partial charge is 0.481 e. The minimum absolute atomic E-state index is 0.143. The summed E-state index contributed by atoms with van der Waals surface area (Å²) in [6.07, 6.45) is 4.25. The van der Waals surface area contributed by atoms with E-state index in [4.69, 9.17) is 0 Å². The SMILES string of the molecule is O=C(O)C1CC2CCC1N2C1CCSc2ccccc21. The smallest absolute Gasteiger partial charge is 0.308 e. The zero-order valence-corrected chi connectivity index (χ0v) is 12.2. The van der Waals surface area contributed by atoms with Crippen molar-refractivity contribution in [1.29, 1.82) is 0 Å². The molecule has 2 bridgehead atoms. The van der Waals surface area contributed by atoms with Gasteiger partial charge in [0.2, 0.25) is 0 Å². The van der Waals surface area contributed by atoms with Gasteiger partial charge in [-0.2, -0.15) is 0 Å². The minimum Gasteiger partial charge on any atom is -0.481 e. The fourth-order valence-corrected chi connectivity index (χ4v) is 5.52. The highest BCUT2D eigenvalue weighted by Crippen LogP contribution is 2.50. The van der Waals surface area contributed by atoms with E-state index in [9.17, 15) is 9.90 Å². The lowest BCUT2D eigenvalue weighted by molar-refractivity contribution is -0.142. The zero-order chi connectivity index (χ0) is 13.7. The van der Waals surface area contributed by atoms with Crippen LogP contribution in [0, 0.1) is 5.92 Å². The van der Waals surface area contributed by atoms with E-state index in [-0.39, 0.29) is 12.0 Å². The summed E-state index contributed by atoms with van der Waals surface area (Å²) in [5.74, 6) is 0.409. The van der Waals surface area contributed by atoms with Gasteiger partial charge in [-0.15, -0.1) is 11.8 Å². The van der Waals surface area contributed by atoms with Crippen LogP contribution in [0.5, 0.6) is 0 Å². The number of carboxylic acid groups (broad SMARTS) is 1. The third kappa shape index (κ3) is 1.81. The van der Waals surface area contributed by atoms with Gasteiger partial charge >= 0.3 is 5.97 Å². The van der Waals surface area contributed by atoms with Crippen molar-refractivity contribution in [2.75, 3.05) is 5.75 Å². The molecule has 0 amide bonds. The standard InChI is InChI=1S/C16H19NO2S/c18-16(19)12-9-10-5-6-13(12)17(10)14-7-8-20-15-4-2-1-3-11(14)15/h1-4,10,12-14H,5-9H2,(H,18,19). The van der Waals surface area contributed by atoms with Crippen LogP contribution in [0.4, 0.5) is 0 Å². The molecular formula is C16H19NO2S. The fourth-order valence-electron chi connectivity index (χ4n) is 4.41. The summed E-state index contributed by atoms with van der Waals surface area (Å²) < 4.78 is 0. The Morgan fingerprint density at radius 3 is 2.90 bits per heavy atom. The molecule has 20 heavy (non-hydrogen) atoms. The van der Waals surface area contributed by atoms with E-state index in [0.717, 1.165) is 25.0 Å². The summed E-state index contributed by atoms with van der Waals surface area (Å²) in [5.41, 5.74) is 1.42. The van der Waals surface area contributed by atoms with E-state index in [1.54, 1.807) is 0 Å². The van der Waals surface area contributed by atoms with Crippen LogP contribution in [0.3, 0.4) is 0 Å². The molecule has 4 atom stereocenters. The van der Waals surface area contributed by atoms with Crippen LogP contribution in [-0.2, 0) is 4.79 Å². The van der Waals surface area contributed by atoms with Crippen LogP contribution in [0.25, 0.3) is 0 Å². The van der Waals surface area contributed by atoms with Gasteiger partial charge < -0.3 is 5.11 Å². The molecule has 4 rings (SSSR count). The van der Waals surface area contributed by atoms with Gasteiger partial charge in [0.25, 0.3) is 0 Å². The van der Waals surface area contributed by atoms with E-state index in [1.807, 2.05) is 11.8 Å². The van der Waals surface area contributed by atoms with E-state index in [0.29, 0.717) is 12.1 Å². The summed E-state index contributed by atoms with van der Waals surface area (Å²) in [6.45, 7) is 0. The predicted octanol–water partition coefficient (Wildman–Crippen LogP) is 3.16. The molecule has 2 saturated heterocycles. The van der Waals surface area contributed by atoms with Crippen molar-refractivity contribution < 1.29 is 9.90 Å². The second kappa shape index (κ2) is 4.78. The maximum atomic E-state index is 11.4. The predicted molar refractivity (Wildman–Crippen MR) is 78.9 cm³/mol. The lowest BCUT2D eigenvalue weighted by Gasteiger charge is -2.36. The van der Waals surface area contributed by atoms with Crippen LogP contribution < -0.4 is 0 Å². The van der Waals surface area contributed by atoms with Crippen molar-refractivity contribution >= 4 is 17.7 Å². The maximum absolute atomic E-state index is 11.4. The van der Waals surface area contributed by atoms with Crippen LogP contribution in [0.2, 0.25) is 0 Å². The van der Waals surface area contributed by atoms with Crippen LogP contribution in [0.1, 0.15) is 37.3 Å². The molecule has 0 saturated carbocycles. The lowest BCUT2D eigenvalue weighted by atomic mass is 9.89. The summed E-state index contributed by atoms with van der Waals surface area (Å²) in [6, 6.07) is 9.85. The van der Waals surface area contributed by atoms with Gasteiger partial charge in [0.15, 0.2) is 0 Å². The first-order valence-corrected chi connectivity index (χ1v) is 8.46. The molecule has 1 aromatic rings. The van der Waals surface area contributed by atoms with Gasteiger partial charge in [0.05, 0.1) is 5.92 Å². The molecule has 0 aromatic heterocycles. The average Bonchev–Trinajstić information content (AvgIpc) is 3.04. The Hall–Kier alpha value is -1.00. The molecule has 2 fully saturated rings. The number of aliphatic carboxylic acids is 1. The first kappa shape index (κ1) is 12.7. The number of rotatable bonds is 2. The Labute approximate surface area is 123 Å². The zero-order valence-electron chi connectivity index (χ0n) is 11.4. The highest BCUT2D eigenvalue weighted by molar-refractivity contribution is 7.99. The molecule has 0 aliphatic carbocycles. The molecule has 1 aromatic carbocycles. The molecule has 1 N–H and O–H groups in total. The molecule has 4 heteroatoms. The van der Waals surface area contributed by atoms with Gasteiger partial charge in [-0.3, -0.25) is 9.69 Å². The first-order chi connectivity index (χ1) is 9.75. The van der Waals surface area contributed by atoms with E-state index in [1.165, 1.54) is 16.9 Å². The van der Waals surface area contributed by atoms with Gasteiger partial charge in [-0.25, -0.2) is 0 Å². The van der Waals surface area contributed by atoms with E-state index < -0.39 is 5.97 Å². The second-order valence-corrected chi connectivity index (χ2v) is 7.25. The normalized spacial score (nSPS) is 36.0. The van der Waals surface area contributed by atoms with Crippen molar-refractivity contribution in [1.82, 2.24) is 4.90 Å². The number of fused-ring (bicyclic) bond motifs is 3. The molecule has 0 spiro atoms. The summed E-state index contributed by atoms with van der Waals surface area (Å²) in [7, 11) is 0. The molecule has 3 aliphatic rings. The highest BCUT2D eigenvalue weighted by atomic mass is 32.2. The van der Waals surface area contributed by atoms with Crippen molar-refractivity contribution in [3.63, 3.8) is 0 Å². The molecule has 106 valence electrons. The lowest BCUT2D eigenvalue weighted by Crippen LogP contribution is -2.37. The quantitative estimate of drug-likeness (QED) is 0.908. The molecule has 3 nitrogen and oxygen atoms in total. The third-order valence-electron chi connectivity index (χ3n) is 5.19. The van der Waals surface area contributed by atoms with Gasteiger partial charge in [-0.1, -0.05) is 18.2 Å². The Morgan fingerprint density at radius 1 is 1.25 bits per heavy atom. The molecule has 3 heterocycles. The number of thioether (sulfide) groups is 1. The van der Waals surface area contributed by atoms with Gasteiger partial charge in [0, 0.05) is 23.0 Å². The van der Waals surface area contributed by atoms with E-state index >= 15 is 0 Å². The van der Waals surface area contributed by atoms with Crippen LogP contribution in [-0.4, -0.2) is 33.8 Å². The number of hydrogen-bond donors (Lipinski definition) is 1. The number of nitrogens with zero attached hydrogens (tertiary/aromatic N) is 1. The molecule has 3 aliphatic heterocycles. The Kier molecular flexibility index (Phi) is 3.04. The van der Waals surface area contributed by atoms with E-state index in [2.05, 4.69) is 29.2 Å².